The van der Waals surface area contributed by atoms with Crippen molar-refractivity contribution in [3.8, 4) is 0 Å². The molecule has 0 fully saturated rings. The molecule has 2 aromatic heterocycles. The van der Waals surface area contributed by atoms with Crippen molar-refractivity contribution in [2.45, 2.75) is 26.4 Å². The van der Waals surface area contributed by atoms with Crippen LogP contribution in [0.4, 0.5) is 0 Å². The van der Waals surface area contributed by atoms with Gasteiger partial charge < -0.3 is 5.32 Å². The zero-order valence-corrected chi connectivity index (χ0v) is 10.3. The zero-order chi connectivity index (χ0) is 12.1. The SMILES string of the molecule is CCNCc1ncn(CCc2cnn(C)c2)n1. The molecule has 0 amide bonds. The second-order valence-corrected chi connectivity index (χ2v) is 3.98. The van der Waals surface area contributed by atoms with Crippen molar-refractivity contribution in [1.82, 2.24) is 29.9 Å². The summed E-state index contributed by atoms with van der Waals surface area (Å²) in [6.07, 6.45) is 6.62. The maximum absolute atomic E-state index is 4.39. The van der Waals surface area contributed by atoms with Gasteiger partial charge in [-0.15, -0.1) is 0 Å². The van der Waals surface area contributed by atoms with Gasteiger partial charge in [0.15, 0.2) is 5.82 Å². The third kappa shape index (κ3) is 3.39. The second kappa shape index (κ2) is 5.58. The number of hydrogen-bond donors (Lipinski definition) is 1. The van der Waals surface area contributed by atoms with Gasteiger partial charge in [0.05, 0.1) is 12.7 Å². The van der Waals surface area contributed by atoms with Crippen LogP contribution in [-0.4, -0.2) is 31.1 Å². The molecule has 0 bridgehead atoms. The molecule has 2 rings (SSSR count). The Morgan fingerprint density at radius 3 is 3.00 bits per heavy atom. The number of nitrogens with zero attached hydrogens (tertiary/aromatic N) is 5. The maximum atomic E-state index is 4.39. The van der Waals surface area contributed by atoms with Crippen LogP contribution in [0.5, 0.6) is 0 Å². The van der Waals surface area contributed by atoms with E-state index in [-0.39, 0.29) is 0 Å². The Bertz CT molecular complexity index is 458. The van der Waals surface area contributed by atoms with Crippen molar-refractivity contribution >= 4 is 0 Å². The molecule has 0 unspecified atom stereocenters. The van der Waals surface area contributed by atoms with Crippen LogP contribution in [0.3, 0.4) is 0 Å². The number of aromatic nitrogens is 5. The van der Waals surface area contributed by atoms with Crippen molar-refractivity contribution in [2.75, 3.05) is 6.54 Å². The lowest BCUT2D eigenvalue weighted by atomic mass is 10.2. The summed E-state index contributed by atoms with van der Waals surface area (Å²) in [7, 11) is 1.92. The Labute approximate surface area is 101 Å². The van der Waals surface area contributed by atoms with E-state index in [0.29, 0.717) is 0 Å². The van der Waals surface area contributed by atoms with Crippen molar-refractivity contribution in [3.63, 3.8) is 0 Å². The van der Waals surface area contributed by atoms with Crippen LogP contribution in [-0.2, 0) is 26.6 Å². The van der Waals surface area contributed by atoms with E-state index in [1.54, 1.807) is 6.33 Å². The third-order valence-electron chi connectivity index (χ3n) is 2.50. The monoisotopic (exact) mass is 234 g/mol. The van der Waals surface area contributed by atoms with Gasteiger partial charge in [0.25, 0.3) is 0 Å². The first kappa shape index (κ1) is 11.8. The lowest BCUT2D eigenvalue weighted by Crippen LogP contribution is -2.13. The average molecular weight is 234 g/mol. The van der Waals surface area contributed by atoms with E-state index in [2.05, 4.69) is 27.4 Å². The fourth-order valence-corrected chi connectivity index (χ4v) is 1.60. The van der Waals surface area contributed by atoms with Crippen LogP contribution in [0.15, 0.2) is 18.7 Å². The van der Waals surface area contributed by atoms with E-state index in [4.69, 9.17) is 0 Å². The van der Waals surface area contributed by atoms with Crippen LogP contribution in [0.25, 0.3) is 0 Å². The molecule has 0 aliphatic rings. The van der Waals surface area contributed by atoms with Gasteiger partial charge in [0.2, 0.25) is 0 Å². The highest BCUT2D eigenvalue weighted by atomic mass is 15.3. The highest BCUT2D eigenvalue weighted by Gasteiger charge is 2.01. The van der Waals surface area contributed by atoms with Gasteiger partial charge in [-0.2, -0.15) is 10.2 Å². The molecule has 1 N–H and O–H groups in total. The minimum atomic E-state index is 0.733. The summed E-state index contributed by atoms with van der Waals surface area (Å²) in [5.74, 6) is 0.845. The van der Waals surface area contributed by atoms with Crippen molar-refractivity contribution in [1.29, 1.82) is 0 Å². The molecule has 2 heterocycles. The molecule has 6 heteroatoms. The van der Waals surface area contributed by atoms with Gasteiger partial charge in [-0.3, -0.25) is 9.36 Å². The van der Waals surface area contributed by atoms with Crippen LogP contribution < -0.4 is 5.32 Å². The van der Waals surface area contributed by atoms with E-state index in [0.717, 1.165) is 31.9 Å². The average Bonchev–Trinajstić information content (AvgIpc) is 2.93. The Morgan fingerprint density at radius 1 is 1.41 bits per heavy atom. The van der Waals surface area contributed by atoms with Gasteiger partial charge >= 0.3 is 0 Å². The highest BCUT2D eigenvalue weighted by Crippen LogP contribution is 1.99. The first-order valence-corrected chi connectivity index (χ1v) is 5.84. The molecular formula is C11H18N6. The van der Waals surface area contributed by atoms with E-state index in [9.17, 15) is 0 Å². The zero-order valence-electron chi connectivity index (χ0n) is 10.3. The van der Waals surface area contributed by atoms with Gasteiger partial charge in [0, 0.05) is 19.8 Å². The molecule has 0 atom stereocenters. The van der Waals surface area contributed by atoms with E-state index >= 15 is 0 Å². The van der Waals surface area contributed by atoms with Crippen molar-refractivity contribution in [2.24, 2.45) is 7.05 Å². The summed E-state index contributed by atoms with van der Waals surface area (Å²) in [6, 6.07) is 0. The molecule has 0 spiro atoms. The smallest absolute Gasteiger partial charge is 0.164 e. The predicted octanol–water partition coefficient (Wildman–Crippen LogP) is 0.364. The summed E-state index contributed by atoms with van der Waals surface area (Å²) in [5.41, 5.74) is 1.22. The Hall–Kier alpha value is -1.69. The van der Waals surface area contributed by atoms with Crippen LogP contribution >= 0.6 is 0 Å². The van der Waals surface area contributed by atoms with Crippen LogP contribution in [0, 0.1) is 0 Å². The topological polar surface area (TPSA) is 60.6 Å². The lowest BCUT2D eigenvalue weighted by Gasteiger charge is -1.98. The normalized spacial score (nSPS) is 10.9. The second-order valence-electron chi connectivity index (χ2n) is 3.98. The number of aryl methyl sites for hydroxylation is 3. The van der Waals surface area contributed by atoms with E-state index < -0.39 is 0 Å². The summed E-state index contributed by atoms with van der Waals surface area (Å²) in [5, 5.41) is 11.7. The number of rotatable bonds is 6. The minimum Gasteiger partial charge on any atom is -0.310 e. The molecule has 0 radical (unpaired) electrons. The molecule has 0 aliphatic carbocycles. The minimum absolute atomic E-state index is 0.733. The molecule has 17 heavy (non-hydrogen) atoms. The summed E-state index contributed by atoms with van der Waals surface area (Å²) < 4.78 is 3.69. The van der Waals surface area contributed by atoms with Gasteiger partial charge in [-0.05, 0) is 18.5 Å². The van der Waals surface area contributed by atoms with Crippen molar-refractivity contribution < 1.29 is 0 Å². The first-order valence-electron chi connectivity index (χ1n) is 5.84. The van der Waals surface area contributed by atoms with Gasteiger partial charge in [-0.25, -0.2) is 4.98 Å². The number of nitrogens with one attached hydrogen (secondary N) is 1. The van der Waals surface area contributed by atoms with E-state index in [1.165, 1.54) is 5.56 Å². The molecule has 6 nitrogen and oxygen atoms in total. The van der Waals surface area contributed by atoms with Crippen LogP contribution in [0.2, 0.25) is 0 Å². The Balaban J connectivity index is 1.84. The molecule has 0 aromatic carbocycles. The molecular weight excluding hydrogens is 216 g/mol. The molecule has 0 saturated heterocycles. The summed E-state index contributed by atoms with van der Waals surface area (Å²) in [4.78, 5) is 4.24. The third-order valence-corrected chi connectivity index (χ3v) is 2.50. The van der Waals surface area contributed by atoms with Crippen LogP contribution in [0.1, 0.15) is 18.3 Å². The fraction of sp³-hybridized carbons (Fsp3) is 0.545. The first-order chi connectivity index (χ1) is 8.28. The molecule has 0 saturated carbocycles. The van der Waals surface area contributed by atoms with Gasteiger partial charge in [-0.1, -0.05) is 6.92 Å². The fourth-order valence-electron chi connectivity index (χ4n) is 1.60. The van der Waals surface area contributed by atoms with E-state index in [1.807, 2.05) is 28.8 Å². The maximum Gasteiger partial charge on any atom is 0.164 e. The number of hydrogen-bond acceptors (Lipinski definition) is 4. The van der Waals surface area contributed by atoms with Gasteiger partial charge in [0.1, 0.15) is 6.33 Å². The Kier molecular flexibility index (Phi) is 3.87. The summed E-state index contributed by atoms with van der Waals surface area (Å²) >= 11 is 0. The quantitative estimate of drug-likeness (QED) is 0.784. The lowest BCUT2D eigenvalue weighted by molar-refractivity contribution is 0.595. The largest absolute Gasteiger partial charge is 0.310 e. The predicted molar refractivity (Wildman–Crippen MR) is 64.3 cm³/mol. The summed E-state index contributed by atoms with van der Waals surface area (Å²) in [6.45, 7) is 4.57. The Morgan fingerprint density at radius 2 is 2.29 bits per heavy atom. The molecule has 2 aromatic rings. The molecule has 0 aliphatic heterocycles. The standard InChI is InChI=1S/C11H18N6/c1-3-12-7-11-13-9-17(15-11)5-4-10-6-14-16(2)8-10/h6,8-9,12H,3-5,7H2,1-2H3. The molecule has 92 valence electrons. The van der Waals surface area contributed by atoms with Crippen molar-refractivity contribution in [3.05, 3.63) is 30.1 Å². The highest BCUT2D eigenvalue weighted by molar-refractivity contribution is 5.03.